The van der Waals surface area contributed by atoms with Crippen molar-refractivity contribution >= 4 is 11.3 Å². The molecule has 1 heterocycles. The molecule has 2 aliphatic carbocycles. The maximum Gasteiger partial charge on any atom is 0.0946 e. The van der Waals surface area contributed by atoms with Gasteiger partial charge in [-0.25, -0.2) is 4.98 Å². The molecule has 3 heteroatoms. The lowest BCUT2D eigenvalue weighted by Gasteiger charge is -2.18. The molecule has 0 bridgehead atoms. The summed E-state index contributed by atoms with van der Waals surface area (Å²) < 4.78 is 0. The smallest absolute Gasteiger partial charge is 0.0946 e. The van der Waals surface area contributed by atoms with E-state index in [1.165, 1.54) is 47.7 Å². The molecular formula is C17H28N2S. The summed E-state index contributed by atoms with van der Waals surface area (Å²) in [6, 6.07) is 0.674. The number of hydrogen-bond acceptors (Lipinski definition) is 3. The average Bonchev–Trinajstić information content (AvgIpc) is 3.08. The van der Waals surface area contributed by atoms with Crippen molar-refractivity contribution in [1.29, 1.82) is 0 Å². The van der Waals surface area contributed by atoms with Crippen molar-refractivity contribution in [2.24, 2.45) is 17.8 Å². The molecule has 0 aromatic carbocycles. The lowest BCUT2D eigenvalue weighted by atomic mass is 10.0. The van der Waals surface area contributed by atoms with Crippen molar-refractivity contribution in [3.63, 3.8) is 0 Å². The third kappa shape index (κ3) is 2.94. The van der Waals surface area contributed by atoms with E-state index in [9.17, 15) is 0 Å². The van der Waals surface area contributed by atoms with Gasteiger partial charge < -0.3 is 5.32 Å². The highest BCUT2D eigenvalue weighted by Gasteiger charge is 2.53. The molecule has 0 spiro atoms. The van der Waals surface area contributed by atoms with E-state index in [-0.39, 0.29) is 0 Å². The molecule has 2 aliphatic rings. The number of hydrogen-bond donors (Lipinski definition) is 1. The van der Waals surface area contributed by atoms with E-state index in [0.717, 1.165) is 30.7 Å². The van der Waals surface area contributed by atoms with Gasteiger partial charge in [-0.1, -0.05) is 19.8 Å². The number of nitrogens with zero attached hydrogens (tertiary/aromatic N) is 1. The van der Waals surface area contributed by atoms with Crippen LogP contribution in [0.1, 0.15) is 54.6 Å². The third-order valence-corrected chi connectivity index (χ3v) is 6.41. The quantitative estimate of drug-likeness (QED) is 0.853. The maximum absolute atomic E-state index is 4.76. The fraction of sp³-hybridized carbons (Fsp3) is 0.824. The van der Waals surface area contributed by atoms with Crippen LogP contribution in [0.3, 0.4) is 0 Å². The molecule has 0 amide bonds. The number of aromatic nitrogens is 1. The topological polar surface area (TPSA) is 24.9 Å². The molecule has 0 saturated heterocycles. The van der Waals surface area contributed by atoms with E-state index in [1.54, 1.807) is 0 Å². The maximum atomic E-state index is 4.76. The SMILES string of the molecule is CCCNC(Cc1nc(C)c(C)s1)C1C2CCCCC21. The van der Waals surface area contributed by atoms with Gasteiger partial charge in [-0.3, -0.25) is 0 Å². The van der Waals surface area contributed by atoms with Crippen molar-refractivity contribution < 1.29 is 0 Å². The number of nitrogens with one attached hydrogen (secondary N) is 1. The van der Waals surface area contributed by atoms with Crippen LogP contribution in [-0.4, -0.2) is 17.6 Å². The summed E-state index contributed by atoms with van der Waals surface area (Å²) in [6.07, 6.45) is 8.28. The van der Waals surface area contributed by atoms with Gasteiger partial charge in [0.25, 0.3) is 0 Å². The Morgan fingerprint density at radius 2 is 1.95 bits per heavy atom. The lowest BCUT2D eigenvalue weighted by molar-refractivity contribution is 0.427. The van der Waals surface area contributed by atoms with Crippen molar-refractivity contribution in [1.82, 2.24) is 10.3 Å². The summed E-state index contributed by atoms with van der Waals surface area (Å²) in [5, 5.41) is 5.18. The first kappa shape index (κ1) is 14.5. The molecule has 3 rings (SSSR count). The highest BCUT2D eigenvalue weighted by atomic mass is 32.1. The zero-order chi connectivity index (χ0) is 14.1. The average molecular weight is 292 g/mol. The molecule has 112 valence electrons. The van der Waals surface area contributed by atoms with Gasteiger partial charge in [0.05, 0.1) is 10.7 Å². The second-order valence-electron chi connectivity index (χ2n) is 6.70. The van der Waals surface area contributed by atoms with Gasteiger partial charge in [-0.15, -0.1) is 11.3 Å². The fourth-order valence-corrected chi connectivity index (χ4v) is 5.13. The molecule has 2 saturated carbocycles. The Labute approximate surface area is 127 Å². The number of aryl methyl sites for hydroxylation is 2. The molecular weight excluding hydrogens is 264 g/mol. The highest BCUT2D eigenvalue weighted by Crippen LogP contribution is 2.57. The van der Waals surface area contributed by atoms with Crippen LogP contribution in [0.4, 0.5) is 0 Å². The van der Waals surface area contributed by atoms with Gasteiger partial charge in [0, 0.05) is 17.3 Å². The van der Waals surface area contributed by atoms with Crippen LogP contribution >= 0.6 is 11.3 Å². The Hall–Kier alpha value is -0.410. The standard InChI is InChI=1S/C17H28N2S/c1-4-9-18-15(10-16-19-11(2)12(3)20-16)17-13-7-5-6-8-14(13)17/h13-15,17-18H,4-10H2,1-3H3. The molecule has 1 aromatic heterocycles. The van der Waals surface area contributed by atoms with Crippen LogP contribution in [0, 0.1) is 31.6 Å². The molecule has 3 unspecified atom stereocenters. The summed E-state index contributed by atoms with van der Waals surface area (Å²) in [7, 11) is 0. The Balaban J connectivity index is 1.66. The van der Waals surface area contributed by atoms with Crippen LogP contribution in [0.5, 0.6) is 0 Å². The van der Waals surface area contributed by atoms with Gasteiger partial charge in [-0.2, -0.15) is 0 Å². The van der Waals surface area contributed by atoms with E-state index in [2.05, 4.69) is 26.1 Å². The van der Waals surface area contributed by atoms with Gasteiger partial charge in [0.15, 0.2) is 0 Å². The first-order valence-corrected chi connectivity index (χ1v) is 9.18. The van der Waals surface area contributed by atoms with Crippen molar-refractivity contribution in [3.05, 3.63) is 15.6 Å². The largest absolute Gasteiger partial charge is 0.313 e. The number of fused-ring (bicyclic) bond motifs is 1. The minimum absolute atomic E-state index is 0.674. The monoisotopic (exact) mass is 292 g/mol. The van der Waals surface area contributed by atoms with Crippen LogP contribution in [0.2, 0.25) is 0 Å². The molecule has 0 radical (unpaired) electrons. The zero-order valence-corrected chi connectivity index (χ0v) is 13.9. The summed E-state index contributed by atoms with van der Waals surface area (Å²) in [6.45, 7) is 7.76. The third-order valence-electron chi connectivity index (χ3n) is 5.31. The Morgan fingerprint density at radius 3 is 2.50 bits per heavy atom. The number of rotatable bonds is 6. The van der Waals surface area contributed by atoms with Crippen molar-refractivity contribution in [3.8, 4) is 0 Å². The summed E-state index contributed by atoms with van der Waals surface area (Å²) in [5.41, 5.74) is 1.23. The highest BCUT2D eigenvalue weighted by molar-refractivity contribution is 7.11. The Morgan fingerprint density at radius 1 is 1.25 bits per heavy atom. The van der Waals surface area contributed by atoms with Gasteiger partial charge in [0.2, 0.25) is 0 Å². The molecule has 3 atom stereocenters. The zero-order valence-electron chi connectivity index (χ0n) is 13.1. The van der Waals surface area contributed by atoms with Crippen LogP contribution in [0.15, 0.2) is 0 Å². The molecule has 20 heavy (non-hydrogen) atoms. The lowest BCUT2D eigenvalue weighted by Crippen LogP contribution is -2.34. The minimum atomic E-state index is 0.674. The molecule has 1 aromatic rings. The second-order valence-corrected chi connectivity index (χ2v) is 7.99. The fourth-order valence-electron chi connectivity index (χ4n) is 4.13. The van der Waals surface area contributed by atoms with E-state index >= 15 is 0 Å². The second kappa shape index (κ2) is 6.15. The van der Waals surface area contributed by atoms with Crippen LogP contribution < -0.4 is 5.32 Å². The molecule has 0 aliphatic heterocycles. The number of thiazole rings is 1. The first-order chi connectivity index (χ1) is 9.70. The summed E-state index contributed by atoms with van der Waals surface area (Å²) in [4.78, 5) is 6.16. The summed E-state index contributed by atoms with van der Waals surface area (Å²) >= 11 is 1.90. The first-order valence-electron chi connectivity index (χ1n) is 8.37. The van der Waals surface area contributed by atoms with Crippen molar-refractivity contribution in [2.75, 3.05) is 6.54 Å². The van der Waals surface area contributed by atoms with Gasteiger partial charge in [0.1, 0.15) is 0 Å². The predicted molar refractivity (Wildman–Crippen MR) is 86.3 cm³/mol. The normalized spacial score (nSPS) is 30.1. The summed E-state index contributed by atoms with van der Waals surface area (Å²) in [5.74, 6) is 2.99. The van der Waals surface area contributed by atoms with Crippen LogP contribution in [0.25, 0.3) is 0 Å². The minimum Gasteiger partial charge on any atom is -0.313 e. The van der Waals surface area contributed by atoms with E-state index in [4.69, 9.17) is 4.98 Å². The van der Waals surface area contributed by atoms with Crippen LogP contribution in [-0.2, 0) is 6.42 Å². The molecule has 2 nitrogen and oxygen atoms in total. The Bertz CT molecular complexity index is 422. The Kier molecular flexibility index (Phi) is 4.46. The van der Waals surface area contributed by atoms with Gasteiger partial charge in [-0.05, 0) is 57.4 Å². The van der Waals surface area contributed by atoms with Crippen molar-refractivity contribution in [2.45, 2.75) is 65.3 Å². The molecule has 1 N–H and O–H groups in total. The predicted octanol–water partition coefficient (Wildman–Crippen LogP) is 4.11. The van der Waals surface area contributed by atoms with E-state index < -0.39 is 0 Å². The van der Waals surface area contributed by atoms with E-state index in [0.29, 0.717) is 6.04 Å². The van der Waals surface area contributed by atoms with E-state index in [1.807, 2.05) is 11.3 Å². The molecule has 2 fully saturated rings. The van der Waals surface area contributed by atoms with Gasteiger partial charge >= 0.3 is 0 Å².